The number of hydrogen-bond acceptors (Lipinski definition) is 4. The van der Waals surface area contributed by atoms with Crippen molar-refractivity contribution in [3.63, 3.8) is 0 Å². The van der Waals surface area contributed by atoms with Crippen LogP contribution in [0, 0.1) is 0 Å². The quantitative estimate of drug-likeness (QED) is 0.430. The van der Waals surface area contributed by atoms with Gasteiger partial charge in [-0.2, -0.15) is 0 Å². The van der Waals surface area contributed by atoms with Gasteiger partial charge in [0, 0.05) is 39.3 Å². The first-order valence-electron chi connectivity index (χ1n) is 4.70. The van der Waals surface area contributed by atoms with Crippen molar-refractivity contribution in [2.24, 2.45) is 0 Å². The minimum Gasteiger partial charge on any atom is -0.379 e. The van der Waals surface area contributed by atoms with Crippen LogP contribution in [0.2, 0.25) is 0 Å². The summed E-state index contributed by atoms with van der Waals surface area (Å²) in [6.07, 6.45) is 0. The Bertz CT molecular complexity index is 57.3. The van der Waals surface area contributed by atoms with Crippen LogP contribution in [-0.4, -0.2) is 52.5 Å². The molecule has 0 bridgehead atoms. The van der Waals surface area contributed by atoms with E-state index in [0.717, 1.165) is 52.5 Å². The maximum Gasteiger partial charge on any atom is 0.0591 e. The van der Waals surface area contributed by atoms with Crippen LogP contribution in [0.5, 0.6) is 0 Å². The van der Waals surface area contributed by atoms with Crippen LogP contribution in [0.3, 0.4) is 0 Å². The number of hydrogen-bond donors (Lipinski definition) is 3. The number of piperazine rings is 1. The lowest BCUT2D eigenvalue weighted by molar-refractivity contribution is 0.109. The summed E-state index contributed by atoms with van der Waals surface area (Å²) in [5, 5.41) is 9.60. The van der Waals surface area contributed by atoms with Crippen molar-refractivity contribution in [2.45, 2.75) is 0 Å². The molecule has 0 aliphatic carbocycles. The fourth-order valence-corrected chi connectivity index (χ4v) is 1.12. The van der Waals surface area contributed by atoms with E-state index in [4.69, 9.17) is 4.74 Å². The second kappa shape index (κ2) is 7.49. The molecular formula is C8H19N3O. The van der Waals surface area contributed by atoms with Crippen LogP contribution >= 0.6 is 0 Å². The topological polar surface area (TPSA) is 45.3 Å². The predicted molar refractivity (Wildman–Crippen MR) is 49.4 cm³/mol. The highest BCUT2D eigenvalue weighted by atomic mass is 16.5. The maximum absolute atomic E-state index is 5.01. The molecular weight excluding hydrogens is 154 g/mol. The lowest BCUT2D eigenvalue weighted by atomic mass is 10.4. The van der Waals surface area contributed by atoms with Crippen molar-refractivity contribution in [1.29, 1.82) is 0 Å². The summed E-state index contributed by atoms with van der Waals surface area (Å²) < 4.78 is 5.01. The molecule has 12 heavy (non-hydrogen) atoms. The molecule has 0 unspecified atom stereocenters. The summed E-state index contributed by atoms with van der Waals surface area (Å²) in [6.45, 7) is 8.39. The highest BCUT2D eigenvalue weighted by Crippen LogP contribution is 1.76. The zero-order valence-electron chi connectivity index (χ0n) is 7.57. The SMILES string of the molecule is C1CNCCN1.C1COCCN1. The third kappa shape index (κ3) is 5.49. The van der Waals surface area contributed by atoms with Gasteiger partial charge in [-0.3, -0.25) is 0 Å². The molecule has 72 valence electrons. The van der Waals surface area contributed by atoms with Gasteiger partial charge in [0.05, 0.1) is 13.2 Å². The molecule has 0 aromatic rings. The van der Waals surface area contributed by atoms with Crippen LogP contribution in [0.1, 0.15) is 0 Å². The Hall–Kier alpha value is -0.160. The van der Waals surface area contributed by atoms with Gasteiger partial charge in [-0.05, 0) is 0 Å². The first kappa shape index (κ1) is 9.92. The normalized spacial score (nSPS) is 24.0. The fraction of sp³-hybridized carbons (Fsp3) is 1.00. The van der Waals surface area contributed by atoms with Gasteiger partial charge in [0.25, 0.3) is 0 Å². The minimum absolute atomic E-state index is 0.889. The summed E-state index contributed by atoms with van der Waals surface area (Å²) in [4.78, 5) is 0. The average molecular weight is 173 g/mol. The molecule has 4 heteroatoms. The van der Waals surface area contributed by atoms with Crippen molar-refractivity contribution in [2.75, 3.05) is 52.5 Å². The fourth-order valence-electron chi connectivity index (χ4n) is 1.12. The van der Waals surface area contributed by atoms with E-state index < -0.39 is 0 Å². The van der Waals surface area contributed by atoms with Gasteiger partial charge >= 0.3 is 0 Å². The molecule has 0 radical (unpaired) electrons. The molecule has 0 saturated carbocycles. The molecule has 2 rings (SSSR count). The molecule has 0 spiro atoms. The third-order valence-corrected chi connectivity index (χ3v) is 1.80. The van der Waals surface area contributed by atoms with E-state index in [1.165, 1.54) is 0 Å². The standard InChI is InChI=1S/C4H10N2.C4H9NO/c1-2-6-4-3-5-1;1-3-6-4-2-5-1/h5-6H,1-4H2;5H,1-4H2. The van der Waals surface area contributed by atoms with Crippen LogP contribution in [-0.2, 0) is 4.74 Å². The largest absolute Gasteiger partial charge is 0.379 e. The molecule has 0 aromatic carbocycles. The van der Waals surface area contributed by atoms with Gasteiger partial charge in [-0.1, -0.05) is 0 Å². The van der Waals surface area contributed by atoms with E-state index in [0.29, 0.717) is 0 Å². The third-order valence-electron chi connectivity index (χ3n) is 1.80. The molecule has 4 nitrogen and oxygen atoms in total. The monoisotopic (exact) mass is 173 g/mol. The van der Waals surface area contributed by atoms with Crippen molar-refractivity contribution in [1.82, 2.24) is 16.0 Å². The van der Waals surface area contributed by atoms with Gasteiger partial charge < -0.3 is 20.7 Å². The van der Waals surface area contributed by atoms with E-state index >= 15 is 0 Å². The van der Waals surface area contributed by atoms with Crippen LogP contribution in [0.25, 0.3) is 0 Å². The lowest BCUT2D eigenvalue weighted by Gasteiger charge is -2.11. The Morgan fingerprint density at radius 3 is 1.17 bits per heavy atom. The summed E-state index contributed by atoms with van der Waals surface area (Å²) >= 11 is 0. The number of rotatable bonds is 0. The Kier molecular flexibility index (Phi) is 6.19. The van der Waals surface area contributed by atoms with E-state index in [9.17, 15) is 0 Å². The molecule has 2 aliphatic rings. The molecule has 2 fully saturated rings. The summed E-state index contributed by atoms with van der Waals surface area (Å²) in [5.74, 6) is 0. The molecule has 0 amide bonds. The van der Waals surface area contributed by atoms with Gasteiger partial charge in [-0.15, -0.1) is 0 Å². The zero-order chi connectivity index (χ0) is 8.49. The lowest BCUT2D eigenvalue weighted by Crippen LogP contribution is -2.39. The molecule has 2 heterocycles. The van der Waals surface area contributed by atoms with Crippen LogP contribution in [0.4, 0.5) is 0 Å². The number of ether oxygens (including phenoxy) is 1. The second-order valence-corrected chi connectivity index (χ2v) is 2.86. The highest BCUT2D eigenvalue weighted by Gasteiger charge is 1.93. The van der Waals surface area contributed by atoms with E-state index in [1.807, 2.05) is 0 Å². The Labute approximate surface area is 74.1 Å². The Morgan fingerprint density at radius 2 is 1.00 bits per heavy atom. The maximum atomic E-state index is 5.01. The smallest absolute Gasteiger partial charge is 0.0591 e. The van der Waals surface area contributed by atoms with Crippen molar-refractivity contribution in [3.05, 3.63) is 0 Å². The molecule has 0 aromatic heterocycles. The first-order valence-corrected chi connectivity index (χ1v) is 4.70. The number of morpholine rings is 1. The Morgan fingerprint density at radius 1 is 0.583 bits per heavy atom. The second-order valence-electron chi connectivity index (χ2n) is 2.86. The molecule has 2 aliphatic heterocycles. The van der Waals surface area contributed by atoms with E-state index in [-0.39, 0.29) is 0 Å². The molecule has 2 saturated heterocycles. The van der Waals surface area contributed by atoms with Crippen LogP contribution < -0.4 is 16.0 Å². The minimum atomic E-state index is 0.889. The van der Waals surface area contributed by atoms with Crippen molar-refractivity contribution < 1.29 is 4.74 Å². The summed E-state index contributed by atoms with van der Waals surface area (Å²) in [5.41, 5.74) is 0. The van der Waals surface area contributed by atoms with Crippen molar-refractivity contribution >= 4 is 0 Å². The average Bonchev–Trinajstić information content (AvgIpc) is 2.24. The first-order chi connectivity index (χ1) is 6.00. The van der Waals surface area contributed by atoms with Gasteiger partial charge in [-0.25, -0.2) is 0 Å². The van der Waals surface area contributed by atoms with Crippen molar-refractivity contribution in [3.8, 4) is 0 Å². The molecule has 3 N–H and O–H groups in total. The van der Waals surface area contributed by atoms with Gasteiger partial charge in [0.2, 0.25) is 0 Å². The summed E-state index contributed by atoms with van der Waals surface area (Å²) in [7, 11) is 0. The van der Waals surface area contributed by atoms with Gasteiger partial charge in [0.15, 0.2) is 0 Å². The highest BCUT2D eigenvalue weighted by molar-refractivity contribution is 4.59. The van der Waals surface area contributed by atoms with E-state index in [1.54, 1.807) is 0 Å². The zero-order valence-corrected chi connectivity index (χ0v) is 7.57. The van der Waals surface area contributed by atoms with Gasteiger partial charge in [0.1, 0.15) is 0 Å². The Balaban J connectivity index is 0.000000120. The predicted octanol–water partition coefficient (Wildman–Crippen LogP) is -1.21. The summed E-state index contributed by atoms with van der Waals surface area (Å²) in [6, 6.07) is 0. The van der Waals surface area contributed by atoms with Crippen LogP contribution in [0.15, 0.2) is 0 Å². The van der Waals surface area contributed by atoms with E-state index in [2.05, 4.69) is 16.0 Å². The molecule has 0 atom stereocenters. The number of nitrogens with one attached hydrogen (secondary N) is 3.